The van der Waals surface area contributed by atoms with E-state index in [9.17, 15) is 13.2 Å². The fraction of sp³-hybridized carbons (Fsp3) is 0.280. The Morgan fingerprint density at radius 1 is 1.18 bits per heavy atom. The van der Waals surface area contributed by atoms with Gasteiger partial charge in [-0.2, -0.15) is 0 Å². The zero-order valence-corrected chi connectivity index (χ0v) is 19.9. The van der Waals surface area contributed by atoms with E-state index in [-0.39, 0.29) is 29.0 Å². The number of carbonyl (C=O) groups is 1. The summed E-state index contributed by atoms with van der Waals surface area (Å²) in [5.41, 5.74) is 2.51. The van der Waals surface area contributed by atoms with Gasteiger partial charge in [0.25, 0.3) is 0 Å². The number of aryl methyl sites for hydroxylation is 1. The lowest BCUT2D eigenvalue weighted by Crippen LogP contribution is -2.28. The summed E-state index contributed by atoms with van der Waals surface area (Å²) in [6, 6.07) is 10.4. The van der Waals surface area contributed by atoms with E-state index < -0.39 is 27.2 Å². The van der Waals surface area contributed by atoms with E-state index in [2.05, 4.69) is 10.3 Å². The molecule has 2 unspecified atom stereocenters. The molecule has 8 heteroatoms. The second kappa shape index (κ2) is 9.23. The number of hydrogen-bond donors (Lipinski definition) is 1. The maximum absolute atomic E-state index is 15.4. The summed E-state index contributed by atoms with van der Waals surface area (Å²) in [5, 5.41) is 3.70. The number of benzene rings is 2. The van der Waals surface area contributed by atoms with E-state index >= 15 is 4.39 Å². The summed E-state index contributed by atoms with van der Waals surface area (Å²) < 4.78 is 39.9. The van der Waals surface area contributed by atoms with Crippen LogP contribution in [0.1, 0.15) is 40.4 Å². The molecule has 1 N–H and O–H groups in total. The normalized spacial score (nSPS) is 19.5. The lowest BCUT2D eigenvalue weighted by molar-refractivity contribution is 0.102. The Morgan fingerprint density at radius 2 is 1.91 bits per heavy atom. The number of fused-ring (bicyclic) bond motifs is 1. The number of dihydropyridines is 1. The van der Waals surface area contributed by atoms with Gasteiger partial charge in [0.15, 0.2) is 15.6 Å². The molecule has 2 aliphatic rings. The molecule has 0 radical (unpaired) electrons. The monoisotopic (exact) mass is 486 g/mol. The number of Topliss-reactive ketones (excluding diaryl/α,β-unsaturated/α-hetero) is 1. The Balaban J connectivity index is 1.66. The average molecular weight is 487 g/mol. The molecule has 0 saturated heterocycles. The Hall–Kier alpha value is -2.77. The Morgan fingerprint density at radius 3 is 2.61 bits per heavy atom. The lowest BCUT2D eigenvalue weighted by Gasteiger charge is -2.21. The first-order chi connectivity index (χ1) is 15.7. The van der Waals surface area contributed by atoms with E-state index in [1.54, 1.807) is 44.5 Å². The molecular weight excluding hydrogens is 463 g/mol. The zero-order chi connectivity index (χ0) is 23.8. The molecule has 2 aromatic rings. The fourth-order valence-electron chi connectivity index (χ4n) is 4.16. The van der Waals surface area contributed by atoms with E-state index in [1.807, 2.05) is 18.2 Å². The van der Waals surface area contributed by atoms with Crippen LogP contribution in [-0.2, 0) is 15.6 Å². The van der Waals surface area contributed by atoms with Gasteiger partial charge in [-0.05, 0) is 42.2 Å². The van der Waals surface area contributed by atoms with Gasteiger partial charge < -0.3 is 5.32 Å². The molecule has 4 rings (SSSR count). The molecule has 2 heterocycles. The van der Waals surface area contributed by atoms with Crippen LogP contribution < -0.4 is 5.32 Å². The molecular formula is C25H24ClFN2O3S. The minimum absolute atomic E-state index is 0.0135. The quantitative estimate of drug-likeness (QED) is 0.565. The standard InChI is InChI=1S/C25H24ClFN2O3S/c1-3-10-33(31,32)14-17-5-4-15(2)22(23(17)27)24(30)21-13-29-25-20(21)11-18(12-28-25)16-6-8-19(26)9-7-16/h4-9,11-13,20,25,29H,3,10,14H2,1-2H3. The van der Waals surface area contributed by atoms with Crippen molar-refractivity contribution in [1.29, 1.82) is 0 Å². The van der Waals surface area contributed by atoms with Gasteiger partial charge in [0.1, 0.15) is 12.0 Å². The lowest BCUT2D eigenvalue weighted by atomic mass is 9.86. The zero-order valence-electron chi connectivity index (χ0n) is 18.3. The van der Waals surface area contributed by atoms with Gasteiger partial charge in [-0.3, -0.25) is 9.79 Å². The van der Waals surface area contributed by atoms with Gasteiger partial charge in [0.2, 0.25) is 0 Å². The highest BCUT2D eigenvalue weighted by atomic mass is 35.5. The van der Waals surface area contributed by atoms with Gasteiger partial charge in [-0.25, -0.2) is 12.8 Å². The first-order valence-corrected chi connectivity index (χ1v) is 12.9. The maximum Gasteiger partial charge on any atom is 0.194 e. The van der Waals surface area contributed by atoms with E-state index in [1.165, 1.54) is 6.07 Å². The molecule has 0 spiro atoms. The summed E-state index contributed by atoms with van der Waals surface area (Å²) in [5.74, 6) is -2.08. The molecule has 2 atom stereocenters. The molecule has 0 saturated carbocycles. The molecule has 0 aliphatic carbocycles. The van der Waals surface area contributed by atoms with Crippen molar-refractivity contribution in [3.63, 3.8) is 0 Å². The number of carbonyl (C=O) groups excluding carboxylic acids is 1. The molecule has 2 aromatic carbocycles. The molecule has 5 nitrogen and oxygen atoms in total. The number of ketones is 1. The van der Waals surface area contributed by atoms with E-state index in [0.717, 1.165) is 11.1 Å². The van der Waals surface area contributed by atoms with Gasteiger partial charge >= 0.3 is 0 Å². The SMILES string of the molecule is CCCS(=O)(=O)Cc1ccc(C)c(C(=O)C2=CNC3N=CC(c4ccc(Cl)cc4)=CC23)c1F. The third-order valence-corrected chi connectivity index (χ3v) is 7.86. The summed E-state index contributed by atoms with van der Waals surface area (Å²) in [6.45, 7) is 3.40. The van der Waals surface area contributed by atoms with Crippen LogP contribution in [0, 0.1) is 18.7 Å². The van der Waals surface area contributed by atoms with E-state index in [4.69, 9.17) is 11.6 Å². The highest BCUT2D eigenvalue weighted by Crippen LogP contribution is 2.34. The summed E-state index contributed by atoms with van der Waals surface area (Å²) in [4.78, 5) is 18.0. The number of allylic oxidation sites excluding steroid dienone is 1. The second-order valence-electron chi connectivity index (χ2n) is 8.30. The van der Waals surface area contributed by atoms with Gasteiger partial charge in [-0.1, -0.05) is 48.9 Å². The third kappa shape index (κ3) is 4.80. The molecule has 172 valence electrons. The number of nitrogens with zero attached hydrogens (tertiary/aromatic N) is 1. The van der Waals surface area contributed by atoms with Crippen LogP contribution in [0.4, 0.5) is 4.39 Å². The summed E-state index contributed by atoms with van der Waals surface area (Å²) in [6.07, 6.45) is 5.36. The van der Waals surface area contributed by atoms with Crippen LogP contribution in [0.25, 0.3) is 5.57 Å². The smallest absolute Gasteiger partial charge is 0.194 e. The van der Waals surface area contributed by atoms with Crippen molar-refractivity contribution in [2.24, 2.45) is 10.9 Å². The summed E-state index contributed by atoms with van der Waals surface area (Å²) >= 11 is 5.98. The van der Waals surface area contributed by atoms with Crippen molar-refractivity contribution in [1.82, 2.24) is 5.32 Å². The molecule has 33 heavy (non-hydrogen) atoms. The van der Waals surface area contributed by atoms with Crippen molar-refractivity contribution in [3.8, 4) is 0 Å². The topological polar surface area (TPSA) is 75.6 Å². The van der Waals surface area contributed by atoms with Crippen molar-refractivity contribution in [3.05, 3.63) is 87.3 Å². The predicted molar refractivity (Wildman–Crippen MR) is 130 cm³/mol. The number of nitrogens with one attached hydrogen (secondary N) is 1. The highest BCUT2D eigenvalue weighted by molar-refractivity contribution is 7.90. The Kier molecular flexibility index (Phi) is 6.54. The number of rotatable bonds is 7. The minimum atomic E-state index is -3.46. The largest absolute Gasteiger partial charge is 0.369 e. The first kappa shape index (κ1) is 23.4. The van der Waals surface area contributed by atoms with Crippen LogP contribution in [0.3, 0.4) is 0 Å². The summed E-state index contributed by atoms with van der Waals surface area (Å²) in [7, 11) is -3.46. The minimum Gasteiger partial charge on any atom is -0.369 e. The Bertz CT molecular complexity index is 1300. The van der Waals surface area contributed by atoms with Crippen molar-refractivity contribution < 1.29 is 17.6 Å². The average Bonchev–Trinajstić information content (AvgIpc) is 3.19. The predicted octanol–water partition coefficient (Wildman–Crippen LogP) is 4.89. The number of sulfone groups is 1. The van der Waals surface area contributed by atoms with Crippen LogP contribution in [-0.4, -0.2) is 32.3 Å². The van der Waals surface area contributed by atoms with Crippen LogP contribution in [0.15, 0.2) is 59.2 Å². The maximum atomic E-state index is 15.4. The second-order valence-corrected chi connectivity index (χ2v) is 10.9. The molecule has 0 fully saturated rings. The van der Waals surface area contributed by atoms with Crippen molar-refractivity contribution in [2.45, 2.75) is 32.2 Å². The van der Waals surface area contributed by atoms with Crippen LogP contribution in [0.5, 0.6) is 0 Å². The van der Waals surface area contributed by atoms with Gasteiger partial charge in [-0.15, -0.1) is 0 Å². The van der Waals surface area contributed by atoms with Crippen LogP contribution in [0.2, 0.25) is 5.02 Å². The molecule has 0 bridgehead atoms. The fourth-order valence-corrected chi connectivity index (χ4v) is 5.75. The van der Waals surface area contributed by atoms with Gasteiger partial charge in [0.05, 0.1) is 17.1 Å². The highest BCUT2D eigenvalue weighted by Gasteiger charge is 2.36. The number of aliphatic imine (C=N–C) groups is 1. The number of halogens is 2. The number of hydrogen-bond acceptors (Lipinski definition) is 5. The van der Waals surface area contributed by atoms with E-state index in [0.29, 0.717) is 22.6 Å². The molecule has 2 aliphatic heterocycles. The first-order valence-electron chi connectivity index (χ1n) is 10.7. The van der Waals surface area contributed by atoms with Crippen LogP contribution >= 0.6 is 11.6 Å². The van der Waals surface area contributed by atoms with Crippen molar-refractivity contribution in [2.75, 3.05) is 5.75 Å². The third-order valence-electron chi connectivity index (χ3n) is 5.83. The van der Waals surface area contributed by atoms with Gasteiger partial charge in [0, 0.05) is 34.5 Å². The molecule has 0 aromatic heterocycles. The van der Waals surface area contributed by atoms with Crippen molar-refractivity contribution >= 4 is 39.0 Å². The molecule has 0 amide bonds. The Labute approximate surface area is 198 Å².